The molecule has 6 heteroatoms. The summed E-state index contributed by atoms with van der Waals surface area (Å²) in [4.78, 5) is 4.52. The molecule has 2 aromatic rings. The molecule has 0 aromatic heterocycles. The van der Waals surface area contributed by atoms with Crippen LogP contribution in [0.15, 0.2) is 70.6 Å². The Kier molecular flexibility index (Phi) is 7.66. The molecule has 5 nitrogen and oxygen atoms in total. The zero-order valence-corrected chi connectivity index (χ0v) is 16.2. The molecule has 0 bridgehead atoms. The first-order valence-corrected chi connectivity index (χ1v) is 10.5. The standard InChI is InChI=1S/C20H27N3O2S/c1-17(13-14-18-9-5-3-6-10-18)23-20(21-2)22-15-16-26(24,25)19-11-7-4-8-12-19/h3-12,17H,13-16H2,1-2H3,(H2,21,22,23). The van der Waals surface area contributed by atoms with Crippen LogP contribution in [0, 0.1) is 0 Å². The molecule has 0 spiro atoms. The topological polar surface area (TPSA) is 70.6 Å². The maximum Gasteiger partial charge on any atom is 0.191 e. The lowest BCUT2D eigenvalue weighted by molar-refractivity contribution is 0.588. The van der Waals surface area contributed by atoms with Crippen molar-refractivity contribution < 1.29 is 8.42 Å². The van der Waals surface area contributed by atoms with E-state index in [2.05, 4.69) is 34.7 Å². The molecular formula is C20H27N3O2S. The van der Waals surface area contributed by atoms with E-state index in [1.807, 2.05) is 18.2 Å². The Hall–Kier alpha value is -2.34. The second kappa shape index (κ2) is 9.97. The minimum atomic E-state index is -3.28. The summed E-state index contributed by atoms with van der Waals surface area (Å²) in [7, 11) is -1.60. The largest absolute Gasteiger partial charge is 0.355 e. The monoisotopic (exact) mass is 373 g/mol. The number of nitrogens with one attached hydrogen (secondary N) is 2. The quantitative estimate of drug-likeness (QED) is 0.551. The summed E-state index contributed by atoms with van der Waals surface area (Å²) in [5, 5.41) is 6.39. The Bertz CT molecular complexity index is 790. The van der Waals surface area contributed by atoms with Crippen molar-refractivity contribution in [3.05, 3.63) is 66.2 Å². The fraction of sp³-hybridized carbons (Fsp3) is 0.350. The average molecular weight is 374 g/mol. The first kappa shape index (κ1) is 20.0. The van der Waals surface area contributed by atoms with E-state index < -0.39 is 9.84 Å². The molecule has 0 heterocycles. The maximum atomic E-state index is 12.3. The van der Waals surface area contributed by atoms with Crippen molar-refractivity contribution in [2.24, 2.45) is 4.99 Å². The van der Waals surface area contributed by atoms with Crippen molar-refractivity contribution in [2.75, 3.05) is 19.3 Å². The molecule has 0 aliphatic heterocycles. The second-order valence-corrected chi connectivity index (χ2v) is 8.31. The fourth-order valence-electron chi connectivity index (χ4n) is 2.58. The molecule has 0 saturated heterocycles. The molecule has 0 fully saturated rings. The molecule has 0 aliphatic rings. The Morgan fingerprint density at radius 1 is 1.04 bits per heavy atom. The van der Waals surface area contributed by atoms with Crippen LogP contribution in [-0.4, -0.2) is 39.8 Å². The summed E-state index contributed by atoms with van der Waals surface area (Å²) in [6.45, 7) is 2.40. The minimum absolute atomic E-state index is 0.0239. The van der Waals surface area contributed by atoms with E-state index in [4.69, 9.17) is 0 Å². The third-order valence-corrected chi connectivity index (χ3v) is 5.81. The Morgan fingerprint density at radius 3 is 2.27 bits per heavy atom. The summed E-state index contributed by atoms with van der Waals surface area (Å²) >= 11 is 0. The maximum absolute atomic E-state index is 12.3. The summed E-state index contributed by atoms with van der Waals surface area (Å²) < 4.78 is 24.6. The molecule has 2 rings (SSSR count). The number of nitrogens with zero attached hydrogens (tertiary/aromatic N) is 1. The summed E-state index contributed by atoms with van der Waals surface area (Å²) in [5.74, 6) is 0.643. The van der Waals surface area contributed by atoms with Crippen LogP contribution in [-0.2, 0) is 16.3 Å². The number of aryl methyl sites for hydroxylation is 1. The third kappa shape index (κ3) is 6.52. The average Bonchev–Trinajstić information content (AvgIpc) is 2.67. The predicted molar refractivity (Wildman–Crippen MR) is 107 cm³/mol. The normalized spacial score (nSPS) is 13.2. The molecule has 2 N–H and O–H groups in total. The number of sulfone groups is 1. The SMILES string of the molecule is CN=C(NCCS(=O)(=O)c1ccccc1)NC(C)CCc1ccccc1. The van der Waals surface area contributed by atoms with Crippen LogP contribution < -0.4 is 10.6 Å². The fourth-order valence-corrected chi connectivity index (χ4v) is 3.76. The smallest absolute Gasteiger partial charge is 0.191 e. The lowest BCUT2D eigenvalue weighted by atomic mass is 10.1. The van der Waals surface area contributed by atoms with Gasteiger partial charge in [-0.3, -0.25) is 4.99 Å². The highest BCUT2D eigenvalue weighted by Gasteiger charge is 2.14. The molecule has 2 aromatic carbocycles. The van der Waals surface area contributed by atoms with Gasteiger partial charge in [0.05, 0.1) is 10.6 Å². The van der Waals surface area contributed by atoms with Gasteiger partial charge in [0, 0.05) is 19.6 Å². The van der Waals surface area contributed by atoms with E-state index in [9.17, 15) is 8.42 Å². The minimum Gasteiger partial charge on any atom is -0.355 e. The van der Waals surface area contributed by atoms with Gasteiger partial charge >= 0.3 is 0 Å². The second-order valence-electron chi connectivity index (χ2n) is 6.20. The van der Waals surface area contributed by atoms with Gasteiger partial charge in [-0.15, -0.1) is 0 Å². The van der Waals surface area contributed by atoms with Crippen LogP contribution >= 0.6 is 0 Å². The number of benzene rings is 2. The molecule has 0 radical (unpaired) electrons. The van der Waals surface area contributed by atoms with E-state index in [0.29, 0.717) is 17.4 Å². The molecule has 0 amide bonds. The third-order valence-electron chi connectivity index (χ3n) is 4.08. The van der Waals surface area contributed by atoms with Gasteiger partial charge in [0.15, 0.2) is 15.8 Å². The van der Waals surface area contributed by atoms with Crippen molar-refractivity contribution >= 4 is 15.8 Å². The van der Waals surface area contributed by atoms with Crippen molar-refractivity contribution in [1.82, 2.24) is 10.6 Å². The van der Waals surface area contributed by atoms with E-state index in [-0.39, 0.29) is 11.8 Å². The van der Waals surface area contributed by atoms with Crippen molar-refractivity contribution in [2.45, 2.75) is 30.7 Å². The number of guanidine groups is 1. The van der Waals surface area contributed by atoms with Gasteiger partial charge in [0.1, 0.15) is 0 Å². The summed E-state index contributed by atoms with van der Waals surface area (Å²) in [5.41, 5.74) is 1.30. The Morgan fingerprint density at radius 2 is 1.65 bits per heavy atom. The van der Waals surface area contributed by atoms with Gasteiger partial charge in [-0.1, -0.05) is 48.5 Å². The molecule has 140 valence electrons. The molecule has 0 saturated carbocycles. The highest BCUT2D eigenvalue weighted by Crippen LogP contribution is 2.09. The van der Waals surface area contributed by atoms with Crippen molar-refractivity contribution in [3.8, 4) is 0 Å². The zero-order chi connectivity index (χ0) is 18.8. The van der Waals surface area contributed by atoms with Gasteiger partial charge in [0.2, 0.25) is 0 Å². The predicted octanol–water partition coefficient (Wildman–Crippen LogP) is 2.65. The summed E-state index contributed by atoms with van der Waals surface area (Å²) in [6, 6.07) is 19.1. The molecule has 1 unspecified atom stereocenters. The number of hydrogen-bond donors (Lipinski definition) is 2. The van der Waals surface area contributed by atoms with Crippen LogP contribution in [0.1, 0.15) is 18.9 Å². The van der Waals surface area contributed by atoms with Crippen molar-refractivity contribution in [1.29, 1.82) is 0 Å². The molecule has 0 aliphatic carbocycles. The van der Waals surface area contributed by atoms with Gasteiger partial charge in [-0.2, -0.15) is 0 Å². The van der Waals surface area contributed by atoms with E-state index >= 15 is 0 Å². The highest BCUT2D eigenvalue weighted by atomic mass is 32.2. The van der Waals surface area contributed by atoms with Crippen LogP contribution in [0.2, 0.25) is 0 Å². The Balaban J connectivity index is 1.77. The van der Waals surface area contributed by atoms with Gasteiger partial charge in [-0.25, -0.2) is 8.42 Å². The van der Waals surface area contributed by atoms with Crippen LogP contribution in [0.5, 0.6) is 0 Å². The Labute approximate surface area is 156 Å². The highest BCUT2D eigenvalue weighted by molar-refractivity contribution is 7.91. The first-order valence-electron chi connectivity index (χ1n) is 8.80. The van der Waals surface area contributed by atoms with Gasteiger partial charge in [0.25, 0.3) is 0 Å². The zero-order valence-electron chi connectivity index (χ0n) is 15.4. The van der Waals surface area contributed by atoms with Crippen LogP contribution in [0.4, 0.5) is 0 Å². The van der Waals surface area contributed by atoms with E-state index in [0.717, 1.165) is 12.8 Å². The summed E-state index contributed by atoms with van der Waals surface area (Å²) in [6.07, 6.45) is 1.95. The lowest BCUT2D eigenvalue weighted by Gasteiger charge is -2.18. The molecular weight excluding hydrogens is 346 g/mol. The van der Waals surface area contributed by atoms with E-state index in [1.165, 1.54) is 5.56 Å². The molecule has 26 heavy (non-hydrogen) atoms. The first-order chi connectivity index (χ1) is 12.5. The lowest BCUT2D eigenvalue weighted by Crippen LogP contribution is -2.43. The van der Waals surface area contributed by atoms with Gasteiger partial charge in [-0.05, 0) is 37.5 Å². The van der Waals surface area contributed by atoms with E-state index in [1.54, 1.807) is 37.4 Å². The van der Waals surface area contributed by atoms with Crippen LogP contribution in [0.3, 0.4) is 0 Å². The number of aliphatic imine (C=N–C) groups is 1. The van der Waals surface area contributed by atoms with Crippen molar-refractivity contribution in [3.63, 3.8) is 0 Å². The number of rotatable bonds is 8. The van der Waals surface area contributed by atoms with Crippen LogP contribution in [0.25, 0.3) is 0 Å². The molecule has 1 atom stereocenters. The van der Waals surface area contributed by atoms with Gasteiger partial charge < -0.3 is 10.6 Å². The number of hydrogen-bond acceptors (Lipinski definition) is 3.